The Morgan fingerprint density at radius 1 is 1.15 bits per heavy atom. The molecule has 1 heterocycles. The van der Waals surface area contributed by atoms with Crippen molar-refractivity contribution in [3.8, 4) is 0 Å². The summed E-state index contributed by atoms with van der Waals surface area (Å²) >= 11 is 0. The molecule has 1 aliphatic carbocycles. The van der Waals surface area contributed by atoms with Crippen molar-refractivity contribution in [1.82, 2.24) is 9.80 Å². The van der Waals surface area contributed by atoms with E-state index in [4.69, 9.17) is 0 Å². The van der Waals surface area contributed by atoms with Crippen LogP contribution < -0.4 is 0 Å². The monoisotopic (exact) mass is 378 g/mol. The predicted molar refractivity (Wildman–Crippen MR) is 99.0 cm³/mol. The molecule has 1 aliphatic heterocycles. The van der Waals surface area contributed by atoms with Crippen LogP contribution in [0.3, 0.4) is 0 Å². The third-order valence-electron chi connectivity index (χ3n) is 5.53. The van der Waals surface area contributed by atoms with Crippen LogP contribution in [0.25, 0.3) is 0 Å². The highest BCUT2D eigenvalue weighted by atomic mass is 32.2. The molecule has 0 radical (unpaired) electrons. The van der Waals surface area contributed by atoms with Crippen molar-refractivity contribution in [2.75, 3.05) is 25.1 Å². The molecule has 1 atom stereocenters. The second-order valence-electron chi connectivity index (χ2n) is 7.36. The van der Waals surface area contributed by atoms with Crippen molar-refractivity contribution in [3.05, 3.63) is 35.9 Å². The standard InChI is InChI=1S/C19H26N2O4S/c1-3-21(13-15-7-5-4-6-8-15)18(23)19(10-11-19)17(22)20(2)16-9-12-26(24,25)14-16/h4-8,16H,3,9-14H2,1-2H3. The summed E-state index contributed by atoms with van der Waals surface area (Å²) < 4.78 is 23.4. The van der Waals surface area contributed by atoms with Gasteiger partial charge in [0.2, 0.25) is 11.8 Å². The molecule has 0 spiro atoms. The lowest BCUT2D eigenvalue weighted by Crippen LogP contribution is -2.48. The van der Waals surface area contributed by atoms with Crippen molar-refractivity contribution >= 4 is 21.7 Å². The van der Waals surface area contributed by atoms with Gasteiger partial charge in [-0.15, -0.1) is 0 Å². The SMILES string of the molecule is CCN(Cc1ccccc1)C(=O)C1(C(=O)N(C)C2CCS(=O)(=O)C2)CC1. The van der Waals surface area contributed by atoms with Gasteiger partial charge in [0.05, 0.1) is 11.5 Å². The van der Waals surface area contributed by atoms with Gasteiger partial charge in [0.1, 0.15) is 5.41 Å². The molecule has 2 amide bonds. The van der Waals surface area contributed by atoms with E-state index in [1.54, 1.807) is 11.9 Å². The molecular weight excluding hydrogens is 352 g/mol. The summed E-state index contributed by atoms with van der Waals surface area (Å²) in [4.78, 5) is 29.4. The van der Waals surface area contributed by atoms with Crippen molar-refractivity contribution in [1.29, 1.82) is 0 Å². The van der Waals surface area contributed by atoms with E-state index in [0.29, 0.717) is 32.4 Å². The van der Waals surface area contributed by atoms with Crippen molar-refractivity contribution < 1.29 is 18.0 Å². The average molecular weight is 378 g/mol. The quantitative estimate of drug-likeness (QED) is 0.703. The van der Waals surface area contributed by atoms with E-state index >= 15 is 0 Å². The number of hydrogen-bond acceptors (Lipinski definition) is 4. The maximum Gasteiger partial charge on any atom is 0.238 e. The van der Waals surface area contributed by atoms with Gasteiger partial charge in [-0.25, -0.2) is 8.42 Å². The summed E-state index contributed by atoms with van der Waals surface area (Å²) in [7, 11) is -1.44. The number of benzene rings is 1. The zero-order valence-electron chi connectivity index (χ0n) is 15.3. The first kappa shape index (κ1) is 18.9. The molecular formula is C19H26N2O4S. The molecule has 0 bridgehead atoms. The lowest BCUT2D eigenvalue weighted by Gasteiger charge is -2.31. The van der Waals surface area contributed by atoms with E-state index in [9.17, 15) is 18.0 Å². The fourth-order valence-electron chi connectivity index (χ4n) is 3.66. The molecule has 1 saturated carbocycles. The van der Waals surface area contributed by atoms with Gasteiger partial charge >= 0.3 is 0 Å². The second-order valence-corrected chi connectivity index (χ2v) is 9.59. The maximum atomic E-state index is 13.1. The fourth-order valence-corrected chi connectivity index (χ4v) is 5.44. The zero-order chi connectivity index (χ0) is 18.9. The summed E-state index contributed by atoms with van der Waals surface area (Å²) in [5.74, 6) is -0.246. The summed E-state index contributed by atoms with van der Waals surface area (Å²) in [5, 5.41) is 0. The number of nitrogens with zero attached hydrogens (tertiary/aromatic N) is 2. The van der Waals surface area contributed by atoms with Crippen molar-refractivity contribution in [2.45, 2.75) is 38.8 Å². The number of hydrogen-bond donors (Lipinski definition) is 0. The first-order valence-corrected chi connectivity index (χ1v) is 10.9. The summed E-state index contributed by atoms with van der Waals surface area (Å²) in [6.45, 7) is 2.92. The molecule has 3 rings (SSSR count). The van der Waals surface area contributed by atoms with Gasteiger partial charge in [0.15, 0.2) is 9.84 Å². The van der Waals surface area contributed by atoms with Crippen LogP contribution in [-0.4, -0.2) is 61.2 Å². The Labute approximate surface area is 155 Å². The van der Waals surface area contributed by atoms with Crippen molar-refractivity contribution in [3.63, 3.8) is 0 Å². The Kier molecular flexibility index (Phi) is 5.10. The smallest absolute Gasteiger partial charge is 0.238 e. The van der Waals surface area contributed by atoms with Crippen LogP contribution in [0, 0.1) is 5.41 Å². The Morgan fingerprint density at radius 3 is 2.31 bits per heavy atom. The molecule has 1 saturated heterocycles. The fraction of sp³-hybridized carbons (Fsp3) is 0.579. The topological polar surface area (TPSA) is 74.8 Å². The normalized spacial score (nSPS) is 22.6. The average Bonchev–Trinajstić information content (AvgIpc) is 3.36. The molecule has 6 nitrogen and oxygen atoms in total. The van der Waals surface area contributed by atoms with Crippen LogP contribution in [0.5, 0.6) is 0 Å². The third-order valence-corrected chi connectivity index (χ3v) is 7.28. The molecule has 7 heteroatoms. The van der Waals surface area contributed by atoms with Crippen LogP contribution in [0.2, 0.25) is 0 Å². The summed E-state index contributed by atoms with van der Waals surface area (Å²) in [6, 6.07) is 9.40. The molecule has 26 heavy (non-hydrogen) atoms. The van der Waals surface area contributed by atoms with Crippen LogP contribution >= 0.6 is 0 Å². The Balaban J connectivity index is 1.72. The van der Waals surface area contributed by atoms with Crippen LogP contribution in [0.1, 0.15) is 31.7 Å². The molecule has 2 fully saturated rings. The van der Waals surface area contributed by atoms with Crippen LogP contribution in [0.4, 0.5) is 0 Å². The van der Waals surface area contributed by atoms with E-state index in [2.05, 4.69) is 0 Å². The molecule has 142 valence electrons. The van der Waals surface area contributed by atoms with Crippen LogP contribution in [0.15, 0.2) is 30.3 Å². The number of carbonyl (C=O) groups is 2. The molecule has 0 N–H and O–H groups in total. The van der Waals surface area contributed by atoms with E-state index in [-0.39, 0.29) is 29.4 Å². The van der Waals surface area contributed by atoms with Gasteiger partial charge in [-0.3, -0.25) is 9.59 Å². The highest BCUT2D eigenvalue weighted by molar-refractivity contribution is 7.91. The molecule has 0 aromatic heterocycles. The third kappa shape index (κ3) is 3.63. The zero-order valence-corrected chi connectivity index (χ0v) is 16.2. The number of rotatable bonds is 6. The summed E-state index contributed by atoms with van der Waals surface area (Å²) in [6.07, 6.45) is 1.54. The Hall–Kier alpha value is -1.89. The molecule has 2 aliphatic rings. The van der Waals surface area contributed by atoms with Gasteiger partial charge in [-0.05, 0) is 31.7 Å². The summed E-state index contributed by atoms with van der Waals surface area (Å²) in [5.41, 5.74) is 0.0347. The van der Waals surface area contributed by atoms with Gasteiger partial charge in [0, 0.05) is 26.2 Å². The van der Waals surface area contributed by atoms with Gasteiger partial charge in [-0.2, -0.15) is 0 Å². The number of amides is 2. The highest BCUT2D eigenvalue weighted by Crippen LogP contribution is 2.49. The van der Waals surface area contributed by atoms with Gasteiger partial charge in [-0.1, -0.05) is 30.3 Å². The Morgan fingerprint density at radius 2 is 1.81 bits per heavy atom. The molecule has 1 aromatic rings. The first-order valence-electron chi connectivity index (χ1n) is 9.10. The lowest BCUT2D eigenvalue weighted by atomic mass is 10.0. The lowest BCUT2D eigenvalue weighted by molar-refractivity contribution is -0.150. The van der Waals surface area contributed by atoms with Gasteiger partial charge < -0.3 is 9.80 Å². The van der Waals surface area contributed by atoms with E-state index in [1.165, 1.54) is 4.90 Å². The Bertz CT molecular complexity index is 787. The second kappa shape index (κ2) is 7.02. The van der Waals surface area contributed by atoms with E-state index in [0.717, 1.165) is 5.56 Å². The maximum absolute atomic E-state index is 13.1. The van der Waals surface area contributed by atoms with Crippen LogP contribution in [-0.2, 0) is 26.0 Å². The van der Waals surface area contributed by atoms with Gasteiger partial charge in [0.25, 0.3) is 0 Å². The molecule has 1 unspecified atom stereocenters. The predicted octanol–water partition coefficient (Wildman–Crippen LogP) is 1.46. The minimum atomic E-state index is -3.07. The number of carbonyl (C=O) groups excluding carboxylic acids is 2. The minimum absolute atomic E-state index is 0.00101. The van der Waals surface area contributed by atoms with E-state index < -0.39 is 15.3 Å². The molecule has 1 aromatic carbocycles. The minimum Gasteiger partial charge on any atom is -0.341 e. The van der Waals surface area contributed by atoms with Crippen molar-refractivity contribution in [2.24, 2.45) is 5.41 Å². The number of sulfone groups is 1. The highest BCUT2D eigenvalue weighted by Gasteiger charge is 2.59. The van der Waals surface area contributed by atoms with E-state index in [1.807, 2.05) is 37.3 Å². The first-order chi connectivity index (χ1) is 12.3. The largest absolute Gasteiger partial charge is 0.341 e.